The van der Waals surface area contributed by atoms with E-state index < -0.39 is 0 Å². The molecule has 1 fully saturated rings. The van der Waals surface area contributed by atoms with Crippen molar-refractivity contribution in [1.82, 2.24) is 0 Å². The highest BCUT2D eigenvalue weighted by Gasteiger charge is 2.52. The van der Waals surface area contributed by atoms with Crippen LogP contribution in [0, 0.1) is 0 Å². The molecule has 0 saturated carbocycles. The summed E-state index contributed by atoms with van der Waals surface area (Å²) in [5.41, 5.74) is 1.33. The van der Waals surface area contributed by atoms with Crippen LogP contribution in [0.3, 0.4) is 0 Å². The molecular formula is C25H48O. The summed E-state index contributed by atoms with van der Waals surface area (Å²) in [6, 6.07) is 10.6. The lowest BCUT2D eigenvalue weighted by atomic mass is 9.95. The molecule has 0 aromatic heterocycles. The second-order valence-corrected chi connectivity index (χ2v) is 6.64. The van der Waals surface area contributed by atoms with Crippen LogP contribution in [0.4, 0.5) is 0 Å². The Bertz CT molecular complexity index is 369. The van der Waals surface area contributed by atoms with Crippen LogP contribution in [-0.2, 0) is 10.3 Å². The van der Waals surface area contributed by atoms with Crippen molar-refractivity contribution in [2.75, 3.05) is 0 Å². The van der Waals surface area contributed by atoms with Crippen molar-refractivity contribution in [2.24, 2.45) is 0 Å². The molecule has 0 radical (unpaired) electrons. The van der Waals surface area contributed by atoms with Crippen LogP contribution in [0.25, 0.3) is 0 Å². The number of rotatable bonds is 9. The van der Waals surface area contributed by atoms with E-state index in [1.165, 1.54) is 63.4 Å². The van der Waals surface area contributed by atoms with Crippen LogP contribution in [0.5, 0.6) is 0 Å². The maximum atomic E-state index is 5.84. The molecule has 1 heterocycles. The van der Waals surface area contributed by atoms with E-state index in [0.717, 1.165) is 0 Å². The SMILES string of the molecule is CC.CC.CCCCCC1OC1(C)c1ccccc1.CCCCCCC. The third-order valence-electron chi connectivity index (χ3n) is 4.57. The summed E-state index contributed by atoms with van der Waals surface area (Å²) in [5, 5.41) is 0. The second kappa shape index (κ2) is 19.0. The number of epoxide rings is 1. The summed E-state index contributed by atoms with van der Waals surface area (Å²) < 4.78 is 5.84. The molecule has 2 rings (SSSR count). The highest BCUT2D eigenvalue weighted by atomic mass is 16.6. The highest BCUT2D eigenvalue weighted by molar-refractivity contribution is 5.27. The molecule has 1 aliphatic heterocycles. The van der Waals surface area contributed by atoms with Gasteiger partial charge in [0.15, 0.2) is 0 Å². The van der Waals surface area contributed by atoms with Crippen molar-refractivity contribution >= 4 is 0 Å². The molecule has 2 unspecified atom stereocenters. The van der Waals surface area contributed by atoms with Crippen molar-refractivity contribution in [3.63, 3.8) is 0 Å². The van der Waals surface area contributed by atoms with Crippen LogP contribution in [0.2, 0.25) is 0 Å². The van der Waals surface area contributed by atoms with Gasteiger partial charge in [-0.05, 0) is 18.9 Å². The zero-order valence-electron chi connectivity index (χ0n) is 19.2. The highest BCUT2D eigenvalue weighted by Crippen LogP contribution is 2.48. The van der Waals surface area contributed by atoms with Crippen LogP contribution >= 0.6 is 0 Å². The van der Waals surface area contributed by atoms with Gasteiger partial charge in [0, 0.05) is 0 Å². The molecule has 1 aromatic carbocycles. The predicted octanol–water partition coefficient (Wildman–Crippen LogP) is 8.91. The summed E-state index contributed by atoms with van der Waals surface area (Å²) in [6.07, 6.45) is 12.6. The minimum Gasteiger partial charge on any atom is -0.361 e. The van der Waals surface area contributed by atoms with E-state index >= 15 is 0 Å². The fraction of sp³-hybridized carbons (Fsp3) is 0.760. The van der Waals surface area contributed by atoms with Gasteiger partial charge in [0.1, 0.15) is 5.60 Å². The molecule has 26 heavy (non-hydrogen) atoms. The predicted molar refractivity (Wildman–Crippen MR) is 120 cm³/mol. The monoisotopic (exact) mass is 364 g/mol. The first-order chi connectivity index (χ1) is 12.7. The Morgan fingerprint density at radius 3 is 1.65 bits per heavy atom. The minimum atomic E-state index is 0.00893. The Morgan fingerprint density at radius 2 is 1.19 bits per heavy atom. The molecule has 0 aliphatic carbocycles. The molecular weight excluding hydrogens is 316 g/mol. The fourth-order valence-electron chi connectivity index (χ4n) is 2.88. The van der Waals surface area contributed by atoms with Crippen LogP contribution in [0.1, 0.15) is 119 Å². The molecule has 0 N–H and O–H groups in total. The van der Waals surface area contributed by atoms with Crippen molar-refractivity contribution in [2.45, 2.75) is 125 Å². The second-order valence-electron chi connectivity index (χ2n) is 6.64. The molecule has 154 valence electrons. The molecule has 1 heteroatoms. The van der Waals surface area contributed by atoms with Gasteiger partial charge in [0.2, 0.25) is 0 Å². The molecule has 0 spiro atoms. The lowest BCUT2D eigenvalue weighted by Crippen LogP contribution is -2.07. The van der Waals surface area contributed by atoms with E-state index in [2.05, 4.69) is 58.0 Å². The first kappa shape index (κ1) is 27.4. The van der Waals surface area contributed by atoms with Crippen molar-refractivity contribution in [3.8, 4) is 0 Å². The van der Waals surface area contributed by atoms with Gasteiger partial charge in [-0.3, -0.25) is 0 Å². The smallest absolute Gasteiger partial charge is 0.117 e. The van der Waals surface area contributed by atoms with Gasteiger partial charge in [-0.2, -0.15) is 0 Å². The number of hydrogen-bond acceptors (Lipinski definition) is 1. The number of benzene rings is 1. The summed E-state index contributed by atoms with van der Waals surface area (Å²) in [4.78, 5) is 0. The van der Waals surface area contributed by atoms with Crippen molar-refractivity contribution in [1.29, 1.82) is 0 Å². The van der Waals surface area contributed by atoms with Crippen molar-refractivity contribution < 1.29 is 4.74 Å². The van der Waals surface area contributed by atoms with E-state index in [1.807, 2.05) is 27.7 Å². The molecule has 1 aliphatic rings. The van der Waals surface area contributed by atoms with E-state index in [4.69, 9.17) is 4.74 Å². The molecule has 0 amide bonds. The van der Waals surface area contributed by atoms with E-state index in [-0.39, 0.29) is 5.60 Å². The zero-order valence-corrected chi connectivity index (χ0v) is 19.2. The number of hydrogen-bond donors (Lipinski definition) is 0. The Balaban J connectivity index is 0. The Morgan fingerprint density at radius 1 is 0.731 bits per heavy atom. The largest absolute Gasteiger partial charge is 0.361 e. The van der Waals surface area contributed by atoms with Gasteiger partial charge in [0.05, 0.1) is 6.10 Å². The van der Waals surface area contributed by atoms with Gasteiger partial charge in [-0.1, -0.05) is 130 Å². The first-order valence-electron chi connectivity index (χ1n) is 11.4. The lowest BCUT2D eigenvalue weighted by Gasteiger charge is -2.06. The molecule has 0 bridgehead atoms. The van der Waals surface area contributed by atoms with Gasteiger partial charge in [-0.25, -0.2) is 0 Å². The van der Waals surface area contributed by atoms with Crippen molar-refractivity contribution in [3.05, 3.63) is 35.9 Å². The van der Waals surface area contributed by atoms with E-state index in [9.17, 15) is 0 Å². The maximum Gasteiger partial charge on any atom is 0.117 e. The van der Waals surface area contributed by atoms with Crippen LogP contribution < -0.4 is 0 Å². The standard InChI is InChI=1S/C14H20O.C7H16.2C2H6/c1-3-4-6-11-13-14(2,15-13)12-9-7-5-8-10-12;1-3-5-7-6-4-2;2*1-2/h5,7-10,13H,3-4,6,11H2,1-2H3;3-7H2,1-2H3;2*1-2H3. The van der Waals surface area contributed by atoms with E-state index in [0.29, 0.717) is 6.10 Å². The lowest BCUT2D eigenvalue weighted by molar-refractivity contribution is 0.307. The molecule has 1 saturated heterocycles. The van der Waals surface area contributed by atoms with Gasteiger partial charge in [-0.15, -0.1) is 0 Å². The average molecular weight is 365 g/mol. The summed E-state index contributed by atoms with van der Waals surface area (Å²) >= 11 is 0. The Kier molecular flexibility index (Phi) is 20.0. The Labute approximate surface area is 165 Å². The minimum absolute atomic E-state index is 0.00893. The molecule has 1 nitrogen and oxygen atoms in total. The summed E-state index contributed by atoms with van der Waals surface area (Å²) in [5.74, 6) is 0. The average Bonchev–Trinajstić information content (AvgIpc) is 3.38. The number of ether oxygens (including phenoxy) is 1. The number of unbranched alkanes of at least 4 members (excludes halogenated alkanes) is 6. The van der Waals surface area contributed by atoms with Gasteiger partial charge >= 0.3 is 0 Å². The third-order valence-corrected chi connectivity index (χ3v) is 4.57. The Hall–Kier alpha value is -0.820. The molecule has 1 aromatic rings. The summed E-state index contributed by atoms with van der Waals surface area (Å²) in [6.45, 7) is 16.9. The van der Waals surface area contributed by atoms with E-state index in [1.54, 1.807) is 0 Å². The fourth-order valence-corrected chi connectivity index (χ4v) is 2.88. The van der Waals surface area contributed by atoms with Crippen LogP contribution in [0.15, 0.2) is 30.3 Å². The third kappa shape index (κ3) is 11.7. The van der Waals surface area contributed by atoms with Gasteiger partial charge < -0.3 is 4.74 Å². The van der Waals surface area contributed by atoms with Gasteiger partial charge in [0.25, 0.3) is 0 Å². The molecule has 2 atom stereocenters. The quantitative estimate of drug-likeness (QED) is 0.315. The zero-order chi connectivity index (χ0) is 20.3. The maximum absolute atomic E-state index is 5.84. The summed E-state index contributed by atoms with van der Waals surface area (Å²) in [7, 11) is 0. The first-order valence-corrected chi connectivity index (χ1v) is 11.4. The normalized spacial score (nSPS) is 19.8. The van der Waals surface area contributed by atoms with Crippen LogP contribution in [-0.4, -0.2) is 6.10 Å². The topological polar surface area (TPSA) is 12.5 Å².